The summed E-state index contributed by atoms with van der Waals surface area (Å²) in [6.45, 7) is 10.4. The monoisotopic (exact) mass is 494 g/mol. The third kappa shape index (κ3) is 3.13. The van der Waals surface area contributed by atoms with Gasteiger partial charge in [0.05, 0.1) is 16.2 Å². The smallest absolute Gasteiger partial charge is 0.481 e. The van der Waals surface area contributed by atoms with Gasteiger partial charge in [-0.25, -0.2) is 4.79 Å². The highest BCUT2D eigenvalue weighted by Crippen LogP contribution is 2.73. The first-order valence-corrected chi connectivity index (χ1v) is 13.6. The molecule has 0 aromatic rings. The van der Waals surface area contributed by atoms with Crippen molar-refractivity contribution < 1.29 is 29.1 Å². The van der Waals surface area contributed by atoms with Gasteiger partial charge < -0.3 is 15.3 Å². The summed E-state index contributed by atoms with van der Waals surface area (Å²) in [7, 11) is 0. The lowest BCUT2D eigenvalue weighted by molar-refractivity contribution is -0.170. The van der Waals surface area contributed by atoms with Crippen molar-refractivity contribution in [2.75, 3.05) is 0 Å². The number of nitrogens with one attached hydrogen (secondary N) is 1. The van der Waals surface area contributed by atoms with E-state index in [1.807, 2.05) is 0 Å². The molecule has 7 atom stereocenters. The second-order valence-corrected chi connectivity index (χ2v) is 12.5. The summed E-state index contributed by atoms with van der Waals surface area (Å²) in [5.74, 6) is -2.97. The molecule has 0 radical (unpaired) electrons. The quantitative estimate of drug-likeness (QED) is 0.239. The average molecular weight is 495 g/mol. The minimum absolute atomic E-state index is 0.0116. The maximum Gasteiger partial charge on any atom is 0.588 e. The van der Waals surface area contributed by atoms with E-state index in [1.54, 1.807) is 6.92 Å². The van der Waals surface area contributed by atoms with Crippen LogP contribution in [0.3, 0.4) is 0 Å². The molecule has 7 nitrogen and oxygen atoms in total. The summed E-state index contributed by atoms with van der Waals surface area (Å²) < 4.78 is 14.5. The molecule has 4 rings (SSSR count). The number of hydrogen-bond acceptors (Lipinski definition) is 4. The number of hydrogen-bond donors (Lipinski definition) is 4. The maximum atomic E-state index is 13.1. The van der Waals surface area contributed by atoms with Crippen molar-refractivity contribution in [3.05, 3.63) is 12.2 Å². The second-order valence-electron chi connectivity index (χ2n) is 12.2. The summed E-state index contributed by atoms with van der Waals surface area (Å²) >= 11 is -0.0116. The van der Waals surface area contributed by atoms with Gasteiger partial charge in [-0.15, -0.1) is 0 Å². The van der Waals surface area contributed by atoms with Gasteiger partial charge in [0.1, 0.15) is 0 Å². The van der Waals surface area contributed by atoms with E-state index >= 15 is 0 Å². The van der Waals surface area contributed by atoms with Gasteiger partial charge in [0.25, 0.3) is 0 Å². The van der Waals surface area contributed by atoms with E-state index in [9.17, 15) is 29.1 Å². The molecule has 4 N–H and O–H groups in total. The molecule has 4 aliphatic carbocycles. The fraction of sp³-hybridized carbons (Fsp3) is 0.846. The predicted molar refractivity (Wildman–Crippen MR) is 129 cm³/mol. The molecule has 8 heteroatoms. The summed E-state index contributed by atoms with van der Waals surface area (Å²) in [5.41, 5.74) is -3.86. The van der Waals surface area contributed by atoms with Gasteiger partial charge >= 0.3 is 23.8 Å². The molecule has 0 heterocycles. The molecule has 4 fully saturated rings. The van der Waals surface area contributed by atoms with Gasteiger partial charge in [-0.05, 0) is 60.0 Å². The Morgan fingerprint density at radius 2 is 1.65 bits per heavy atom. The Hall–Kier alpha value is -1.38. The molecular weight excluding hydrogens is 454 g/mol. The van der Waals surface area contributed by atoms with E-state index in [-0.39, 0.29) is 41.4 Å². The number of carboxylic acids is 2. The van der Waals surface area contributed by atoms with Crippen molar-refractivity contribution in [3.63, 3.8) is 0 Å². The van der Waals surface area contributed by atoms with Gasteiger partial charge in [-0.2, -0.15) is 0 Å². The summed E-state index contributed by atoms with van der Waals surface area (Å²) in [6, 6.07) is 0. The fourth-order valence-corrected chi connectivity index (χ4v) is 9.73. The molecule has 4 saturated carbocycles. The number of carbonyl (C=O) groups is 2. The molecule has 4 aliphatic rings. The SMILES string of the molecule is C=C(C1(C)C(C(=O)O)C(C2CCCCC2)CCC1(N[S+]=O)C(=O)O)C12CCC(CC1O)C2(C)C. The van der Waals surface area contributed by atoms with Crippen LogP contribution in [0.15, 0.2) is 12.2 Å². The predicted octanol–water partition coefficient (Wildman–Crippen LogP) is 4.18. The zero-order valence-corrected chi connectivity index (χ0v) is 21.5. The first-order chi connectivity index (χ1) is 15.9. The Bertz CT molecular complexity index is 885. The van der Waals surface area contributed by atoms with E-state index in [0.717, 1.165) is 38.5 Å². The Balaban J connectivity index is 1.93. The number of fused-ring (bicyclic) bond motifs is 2. The first kappa shape index (κ1) is 25.7. The fourth-order valence-electron chi connectivity index (χ4n) is 9.18. The Morgan fingerprint density at radius 3 is 2.12 bits per heavy atom. The molecule has 0 aliphatic heterocycles. The lowest BCUT2D eigenvalue weighted by atomic mass is 9.44. The van der Waals surface area contributed by atoms with Gasteiger partial charge in [0.2, 0.25) is 0 Å². The summed E-state index contributed by atoms with van der Waals surface area (Å²) in [6.07, 6.45) is 7.20. The molecular formula is C26H40NO6S+. The average Bonchev–Trinajstić information content (AvgIpc) is 3.15. The van der Waals surface area contributed by atoms with Crippen LogP contribution in [0.5, 0.6) is 0 Å². The molecule has 0 spiro atoms. The van der Waals surface area contributed by atoms with Crippen molar-refractivity contribution in [2.45, 2.75) is 96.6 Å². The number of carboxylic acid groups (broad SMARTS) is 2. The highest BCUT2D eigenvalue weighted by atomic mass is 32.2. The summed E-state index contributed by atoms with van der Waals surface area (Å²) in [4.78, 5) is 26.1. The molecule has 7 unspecified atom stereocenters. The van der Waals surface area contributed by atoms with E-state index in [2.05, 4.69) is 25.1 Å². The first-order valence-electron chi connectivity index (χ1n) is 12.8. The van der Waals surface area contributed by atoms with Gasteiger partial charge in [0.15, 0.2) is 5.54 Å². The summed E-state index contributed by atoms with van der Waals surface area (Å²) in [5, 5.41) is 32.7. The van der Waals surface area contributed by atoms with Gasteiger partial charge in [0, 0.05) is 10.8 Å². The van der Waals surface area contributed by atoms with Crippen molar-refractivity contribution in [1.82, 2.24) is 4.72 Å². The van der Waals surface area contributed by atoms with Crippen LogP contribution < -0.4 is 4.72 Å². The van der Waals surface area contributed by atoms with Gasteiger partial charge in [-0.1, -0.05) is 65.0 Å². The normalized spacial score (nSPS) is 44.0. The zero-order valence-electron chi connectivity index (χ0n) is 20.6. The molecule has 0 aromatic carbocycles. The van der Waals surface area contributed by atoms with Crippen LogP contribution in [0.25, 0.3) is 0 Å². The van der Waals surface area contributed by atoms with Crippen molar-refractivity contribution in [1.29, 1.82) is 0 Å². The van der Waals surface area contributed by atoms with E-state index < -0.39 is 40.3 Å². The van der Waals surface area contributed by atoms with Crippen LogP contribution >= 0.6 is 0 Å². The van der Waals surface area contributed by atoms with Crippen molar-refractivity contribution in [3.8, 4) is 0 Å². The molecule has 0 aromatic heterocycles. The lowest BCUT2D eigenvalue weighted by Crippen LogP contribution is -2.71. The highest BCUT2D eigenvalue weighted by molar-refractivity contribution is 7.63. The van der Waals surface area contributed by atoms with E-state index in [1.165, 1.54) is 0 Å². The second kappa shape index (κ2) is 8.63. The largest absolute Gasteiger partial charge is 0.588 e. The highest BCUT2D eigenvalue weighted by Gasteiger charge is 2.75. The number of rotatable bonds is 7. The molecule has 190 valence electrons. The Kier molecular flexibility index (Phi) is 6.52. The van der Waals surface area contributed by atoms with Crippen LogP contribution in [-0.4, -0.2) is 38.9 Å². The lowest BCUT2D eigenvalue weighted by Gasteiger charge is -2.59. The van der Waals surface area contributed by atoms with Crippen LogP contribution in [0.2, 0.25) is 0 Å². The topological polar surface area (TPSA) is 124 Å². The third-order valence-corrected chi connectivity index (χ3v) is 11.6. The van der Waals surface area contributed by atoms with Crippen LogP contribution in [0.4, 0.5) is 0 Å². The van der Waals surface area contributed by atoms with E-state index in [4.69, 9.17) is 0 Å². The zero-order chi connectivity index (χ0) is 25.1. The number of aliphatic hydroxyl groups is 1. The standard InChI is InChI=1S/C26H39NO6S/c1-15(25-12-10-17(14-19(25)28)23(25,2)3)24(4)20(21(29)30)18(16-8-6-5-7-9-16)11-13-26(24,22(31)32)27-34-33/h16-20,28H,1,5-14H2,2-4H3,(H2-,27,29,30,31,32,33)/p+1. The minimum Gasteiger partial charge on any atom is -0.481 e. The van der Waals surface area contributed by atoms with Crippen LogP contribution in [0, 0.1) is 39.9 Å². The third-order valence-electron chi connectivity index (χ3n) is 11.2. The van der Waals surface area contributed by atoms with E-state index in [0.29, 0.717) is 24.8 Å². The molecule has 0 saturated heterocycles. The van der Waals surface area contributed by atoms with Crippen LogP contribution in [0.1, 0.15) is 85.0 Å². The molecule has 2 bridgehead atoms. The molecule has 34 heavy (non-hydrogen) atoms. The molecule has 0 amide bonds. The van der Waals surface area contributed by atoms with Crippen molar-refractivity contribution >= 4 is 23.8 Å². The Labute approximate surface area is 206 Å². The van der Waals surface area contributed by atoms with Crippen molar-refractivity contribution in [2.24, 2.45) is 39.9 Å². The Morgan fingerprint density at radius 1 is 1.00 bits per heavy atom. The van der Waals surface area contributed by atoms with Gasteiger partial charge in [-0.3, -0.25) is 4.79 Å². The number of aliphatic hydroxyl groups excluding tert-OH is 1. The maximum absolute atomic E-state index is 13.1. The van der Waals surface area contributed by atoms with Crippen LogP contribution in [-0.2, 0) is 25.7 Å². The minimum atomic E-state index is -1.78. The number of aliphatic carboxylic acids is 2.